The Labute approximate surface area is 127 Å². The summed E-state index contributed by atoms with van der Waals surface area (Å²) in [6.07, 6.45) is 12.2. The summed E-state index contributed by atoms with van der Waals surface area (Å²) >= 11 is 0. The van der Waals surface area contributed by atoms with Crippen molar-refractivity contribution in [2.75, 3.05) is 6.61 Å². The van der Waals surface area contributed by atoms with Gasteiger partial charge >= 0.3 is 0 Å². The summed E-state index contributed by atoms with van der Waals surface area (Å²) in [6.45, 7) is 2.72. The van der Waals surface area contributed by atoms with Crippen LogP contribution in [0.3, 0.4) is 0 Å². The lowest BCUT2D eigenvalue weighted by atomic mass is 9.53. The quantitative estimate of drug-likeness (QED) is 0.747. The number of rotatable bonds is 1. The van der Waals surface area contributed by atoms with Crippen LogP contribution in [-0.2, 0) is 4.79 Å². The van der Waals surface area contributed by atoms with Crippen molar-refractivity contribution in [1.29, 1.82) is 0 Å². The second-order valence-electron chi connectivity index (χ2n) is 7.87. The lowest BCUT2D eigenvalue weighted by molar-refractivity contribution is -0.115. The predicted octanol–water partition coefficient (Wildman–Crippen LogP) is 3.66. The first kappa shape index (κ1) is 13.8. The second-order valence-corrected chi connectivity index (χ2v) is 7.87. The maximum atomic E-state index is 11.7. The van der Waals surface area contributed by atoms with Gasteiger partial charge in [-0.05, 0) is 73.7 Å². The fraction of sp³-hybridized carbons (Fsp3) is 0.737. The van der Waals surface area contributed by atoms with Crippen molar-refractivity contribution in [3.8, 4) is 0 Å². The largest absolute Gasteiger partial charge is 0.396 e. The molecule has 2 fully saturated rings. The highest BCUT2D eigenvalue weighted by molar-refractivity contribution is 5.91. The van der Waals surface area contributed by atoms with Gasteiger partial charge in [0.25, 0.3) is 0 Å². The highest BCUT2D eigenvalue weighted by atomic mass is 16.3. The highest BCUT2D eigenvalue weighted by Gasteiger charge is 2.51. The minimum absolute atomic E-state index is 0.252. The number of hydrogen-bond donors (Lipinski definition) is 1. The van der Waals surface area contributed by atoms with E-state index < -0.39 is 0 Å². The van der Waals surface area contributed by atoms with Gasteiger partial charge in [-0.1, -0.05) is 24.1 Å². The number of fused-ring (bicyclic) bond motifs is 5. The number of carbonyl (C=O) groups excluding carboxylic acids is 1. The average molecular weight is 286 g/mol. The van der Waals surface area contributed by atoms with Crippen molar-refractivity contribution >= 4 is 5.78 Å². The monoisotopic (exact) mass is 286 g/mol. The molecule has 5 atom stereocenters. The van der Waals surface area contributed by atoms with E-state index in [1.807, 2.05) is 6.08 Å². The molecule has 1 N–H and O–H groups in total. The minimum atomic E-state index is 0.252. The number of ketones is 1. The number of allylic oxidation sites excluding steroid dienone is 4. The first-order valence-electron chi connectivity index (χ1n) is 8.68. The normalized spacial score (nSPS) is 45.3. The van der Waals surface area contributed by atoms with E-state index in [-0.39, 0.29) is 5.41 Å². The molecule has 0 amide bonds. The van der Waals surface area contributed by atoms with Crippen molar-refractivity contribution in [1.82, 2.24) is 0 Å². The van der Waals surface area contributed by atoms with Crippen molar-refractivity contribution in [2.45, 2.75) is 51.9 Å². The molecule has 114 valence electrons. The van der Waals surface area contributed by atoms with Crippen LogP contribution in [0.5, 0.6) is 0 Å². The van der Waals surface area contributed by atoms with E-state index in [9.17, 15) is 9.90 Å². The molecule has 4 aliphatic rings. The van der Waals surface area contributed by atoms with Crippen LogP contribution in [-0.4, -0.2) is 17.5 Å². The number of aliphatic hydroxyl groups is 1. The van der Waals surface area contributed by atoms with E-state index in [1.165, 1.54) is 24.8 Å². The van der Waals surface area contributed by atoms with E-state index in [1.54, 1.807) is 5.57 Å². The van der Waals surface area contributed by atoms with Gasteiger partial charge in [0.2, 0.25) is 0 Å². The number of hydrogen-bond acceptors (Lipinski definition) is 2. The van der Waals surface area contributed by atoms with Crippen LogP contribution < -0.4 is 0 Å². The molecule has 0 aromatic carbocycles. The number of carbonyl (C=O) groups is 1. The SMILES string of the molecule is CC12CCC3C4CCC(=O)C=C4CCC3C1=CCC2CO. The van der Waals surface area contributed by atoms with Crippen LogP contribution in [0.4, 0.5) is 0 Å². The van der Waals surface area contributed by atoms with E-state index in [4.69, 9.17) is 0 Å². The summed E-state index contributed by atoms with van der Waals surface area (Å²) in [7, 11) is 0. The van der Waals surface area contributed by atoms with Gasteiger partial charge in [-0.25, -0.2) is 0 Å². The molecule has 0 aromatic heterocycles. The van der Waals surface area contributed by atoms with Crippen LogP contribution in [0.2, 0.25) is 0 Å². The Morgan fingerprint density at radius 2 is 2.05 bits per heavy atom. The van der Waals surface area contributed by atoms with Gasteiger partial charge in [-0.3, -0.25) is 4.79 Å². The minimum Gasteiger partial charge on any atom is -0.396 e. The molecule has 2 heteroatoms. The Kier molecular flexibility index (Phi) is 3.15. The zero-order chi connectivity index (χ0) is 14.6. The van der Waals surface area contributed by atoms with Gasteiger partial charge < -0.3 is 5.11 Å². The molecule has 0 heterocycles. The second kappa shape index (κ2) is 4.81. The van der Waals surface area contributed by atoms with Gasteiger partial charge in [0.1, 0.15) is 0 Å². The van der Waals surface area contributed by atoms with Gasteiger partial charge in [0.15, 0.2) is 5.78 Å². The maximum Gasteiger partial charge on any atom is 0.155 e. The molecule has 0 bridgehead atoms. The molecule has 0 saturated heterocycles. The van der Waals surface area contributed by atoms with E-state index in [0.717, 1.165) is 37.5 Å². The fourth-order valence-electron chi connectivity index (χ4n) is 5.89. The van der Waals surface area contributed by atoms with E-state index >= 15 is 0 Å². The summed E-state index contributed by atoms with van der Waals surface area (Å²) in [5.74, 6) is 2.93. The smallest absolute Gasteiger partial charge is 0.155 e. The third-order valence-electron chi connectivity index (χ3n) is 7.10. The Morgan fingerprint density at radius 1 is 1.24 bits per heavy atom. The summed E-state index contributed by atoms with van der Waals surface area (Å²) in [4.78, 5) is 11.7. The Balaban J connectivity index is 1.64. The summed E-state index contributed by atoms with van der Waals surface area (Å²) in [6, 6.07) is 0. The van der Waals surface area contributed by atoms with Crippen molar-refractivity contribution < 1.29 is 9.90 Å². The van der Waals surface area contributed by atoms with Crippen LogP contribution in [0.25, 0.3) is 0 Å². The topological polar surface area (TPSA) is 37.3 Å². The Bertz CT molecular complexity index is 530. The zero-order valence-electron chi connectivity index (χ0n) is 13.0. The molecule has 2 saturated carbocycles. The molecule has 4 aliphatic carbocycles. The van der Waals surface area contributed by atoms with Crippen LogP contribution in [0.1, 0.15) is 51.9 Å². The van der Waals surface area contributed by atoms with Gasteiger partial charge in [0, 0.05) is 13.0 Å². The lowest BCUT2D eigenvalue weighted by Gasteiger charge is -2.51. The summed E-state index contributed by atoms with van der Waals surface area (Å²) in [5.41, 5.74) is 3.36. The van der Waals surface area contributed by atoms with Crippen molar-refractivity contribution in [3.63, 3.8) is 0 Å². The fourth-order valence-corrected chi connectivity index (χ4v) is 5.89. The van der Waals surface area contributed by atoms with Crippen LogP contribution in [0, 0.1) is 29.1 Å². The zero-order valence-corrected chi connectivity index (χ0v) is 13.0. The van der Waals surface area contributed by atoms with Gasteiger partial charge in [0.05, 0.1) is 0 Å². The number of aliphatic hydroxyl groups excluding tert-OH is 1. The molecular weight excluding hydrogens is 260 g/mol. The van der Waals surface area contributed by atoms with Crippen LogP contribution in [0.15, 0.2) is 23.3 Å². The predicted molar refractivity (Wildman–Crippen MR) is 82.6 cm³/mol. The summed E-state index contributed by atoms with van der Waals surface area (Å²) < 4.78 is 0. The van der Waals surface area contributed by atoms with E-state index in [2.05, 4.69) is 13.0 Å². The Hall–Kier alpha value is -0.890. The highest BCUT2D eigenvalue weighted by Crippen LogP contribution is 2.61. The molecule has 0 radical (unpaired) electrons. The first-order chi connectivity index (χ1) is 10.1. The molecule has 0 spiro atoms. The van der Waals surface area contributed by atoms with Gasteiger partial charge in [-0.15, -0.1) is 0 Å². The molecule has 0 aliphatic heterocycles. The average Bonchev–Trinajstić information content (AvgIpc) is 2.83. The van der Waals surface area contributed by atoms with E-state index in [0.29, 0.717) is 24.2 Å². The molecule has 4 rings (SSSR count). The molecular formula is C19H26O2. The molecule has 21 heavy (non-hydrogen) atoms. The molecule has 5 unspecified atom stereocenters. The standard InChI is InChI=1S/C19H26O2/c1-19-9-8-16-15-6-4-14(21)10-12(15)2-5-17(16)18(19)7-3-13(19)11-20/h7,10,13,15-17,20H,2-6,8-9,11H2,1H3. The maximum absolute atomic E-state index is 11.7. The van der Waals surface area contributed by atoms with Crippen molar-refractivity contribution in [3.05, 3.63) is 23.3 Å². The van der Waals surface area contributed by atoms with Crippen molar-refractivity contribution in [2.24, 2.45) is 29.1 Å². The third kappa shape index (κ3) is 1.91. The third-order valence-corrected chi connectivity index (χ3v) is 7.10. The molecule has 2 nitrogen and oxygen atoms in total. The first-order valence-corrected chi connectivity index (χ1v) is 8.68. The Morgan fingerprint density at radius 3 is 2.86 bits per heavy atom. The molecule has 0 aromatic rings. The van der Waals surface area contributed by atoms with Crippen LogP contribution >= 0.6 is 0 Å². The van der Waals surface area contributed by atoms with Gasteiger partial charge in [-0.2, -0.15) is 0 Å². The summed E-state index contributed by atoms with van der Waals surface area (Å²) in [5, 5.41) is 9.70. The lowest BCUT2D eigenvalue weighted by Crippen LogP contribution is -2.43.